The summed E-state index contributed by atoms with van der Waals surface area (Å²) in [4.78, 5) is 52.4. The normalized spacial score (nSPS) is 18.1. The fourth-order valence-electron chi connectivity index (χ4n) is 4.95. The molecule has 9 nitrogen and oxygen atoms in total. The zero-order valence-electron chi connectivity index (χ0n) is 22.5. The second kappa shape index (κ2) is 11.6. The van der Waals surface area contributed by atoms with Crippen molar-refractivity contribution in [2.75, 3.05) is 13.2 Å². The summed E-state index contributed by atoms with van der Waals surface area (Å²) < 4.78 is 1.55. The van der Waals surface area contributed by atoms with Crippen molar-refractivity contribution in [1.29, 1.82) is 0 Å². The number of aromatic nitrogens is 1. The molecule has 5 rings (SSSR count). The summed E-state index contributed by atoms with van der Waals surface area (Å²) in [6.45, 7) is 7.79. The standard InChI is InChI=1S/C31H32N4O5/c1-4-15-39-35-27-20-33(31(35)38)26(16-21(27)2)30(37)32-18-25-17-28(36)22(3)19-34(25)40-29(23-11-7-5-8-12-23)24-13-9-6-10-14-24/h4-14,16-17,19,26-27,29H,1,15,18,20H2,2-3H3,(H,32,37)/t26-,27-/m0/s1. The number of hydrogen-bond acceptors (Lipinski definition) is 5. The highest BCUT2D eigenvalue weighted by atomic mass is 16.7. The Morgan fingerprint density at radius 3 is 2.35 bits per heavy atom. The monoisotopic (exact) mass is 540 g/mol. The number of amides is 3. The largest absolute Gasteiger partial charge is 0.401 e. The third kappa shape index (κ3) is 5.41. The number of hydrogen-bond donors (Lipinski definition) is 1. The molecular formula is C31H32N4O5. The van der Waals surface area contributed by atoms with E-state index in [1.165, 1.54) is 16.0 Å². The van der Waals surface area contributed by atoms with Gasteiger partial charge in [-0.2, -0.15) is 9.79 Å². The Labute approximate surface area is 232 Å². The zero-order valence-corrected chi connectivity index (χ0v) is 22.5. The maximum absolute atomic E-state index is 13.3. The quantitative estimate of drug-likeness (QED) is 0.397. The first-order chi connectivity index (χ1) is 19.4. The summed E-state index contributed by atoms with van der Waals surface area (Å²) in [6.07, 6.45) is 4.52. The third-order valence-corrected chi connectivity index (χ3v) is 7.12. The molecule has 206 valence electrons. The molecule has 0 saturated carbocycles. The highest BCUT2D eigenvalue weighted by molar-refractivity contribution is 5.90. The van der Waals surface area contributed by atoms with Crippen LogP contribution in [0.2, 0.25) is 0 Å². The Balaban J connectivity index is 1.37. The van der Waals surface area contributed by atoms with Gasteiger partial charge in [-0.15, -0.1) is 6.58 Å². The number of nitrogens with zero attached hydrogens (tertiary/aromatic N) is 3. The molecule has 2 bridgehead atoms. The molecule has 2 aliphatic heterocycles. The molecule has 0 aliphatic carbocycles. The van der Waals surface area contributed by atoms with Crippen LogP contribution in [0.4, 0.5) is 4.79 Å². The molecule has 3 amide bonds. The van der Waals surface area contributed by atoms with E-state index in [0.29, 0.717) is 17.8 Å². The first kappa shape index (κ1) is 27.0. The highest BCUT2D eigenvalue weighted by Crippen LogP contribution is 2.30. The van der Waals surface area contributed by atoms with Gasteiger partial charge in [0.2, 0.25) is 5.91 Å². The number of rotatable bonds is 10. The van der Waals surface area contributed by atoms with E-state index in [4.69, 9.17) is 9.68 Å². The number of fused-ring (bicyclic) bond motifs is 2. The summed E-state index contributed by atoms with van der Waals surface area (Å²) in [7, 11) is 0. The molecule has 2 atom stereocenters. The molecule has 0 unspecified atom stereocenters. The van der Waals surface area contributed by atoms with Crippen molar-refractivity contribution >= 4 is 11.9 Å². The van der Waals surface area contributed by atoms with Crippen molar-refractivity contribution in [1.82, 2.24) is 20.0 Å². The van der Waals surface area contributed by atoms with E-state index in [1.807, 2.05) is 67.6 Å². The lowest BCUT2D eigenvalue weighted by atomic mass is 10.0. The summed E-state index contributed by atoms with van der Waals surface area (Å²) in [5.41, 5.74) is 3.56. The molecule has 9 heteroatoms. The average Bonchev–Trinajstić information content (AvgIpc) is 3.25. The van der Waals surface area contributed by atoms with Gasteiger partial charge in [0.25, 0.3) is 0 Å². The second-order valence-electron chi connectivity index (χ2n) is 9.88. The lowest BCUT2D eigenvalue weighted by Crippen LogP contribution is -2.48. The van der Waals surface area contributed by atoms with Crippen molar-refractivity contribution in [2.45, 2.75) is 38.6 Å². The number of carbonyl (C=O) groups excluding carboxylic acids is 2. The smallest absolute Gasteiger partial charge is 0.345 e. The second-order valence-corrected chi connectivity index (χ2v) is 9.88. The van der Waals surface area contributed by atoms with Crippen LogP contribution in [0.1, 0.15) is 35.4 Å². The Bertz CT molecular complexity index is 1450. The average molecular weight is 541 g/mol. The van der Waals surface area contributed by atoms with Gasteiger partial charge in [-0.3, -0.25) is 14.4 Å². The fourth-order valence-corrected chi connectivity index (χ4v) is 4.95. The van der Waals surface area contributed by atoms with E-state index >= 15 is 0 Å². The van der Waals surface area contributed by atoms with E-state index in [9.17, 15) is 14.4 Å². The number of aryl methyl sites for hydroxylation is 1. The maximum Gasteiger partial charge on any atom is 0.345 e. The molecule has 1 N–H and O–H groups in total. The first-order valence-corrected chi connectivity index (χ1v) is 13.2. The lowest BCUT2D eigenvalue weighted by Gasteiger charge is -2.28. The van der Waals surface area contributed by atoms with E-state index in [2.05, 4.69) is 11.9 Å². The van der Waals surface area contributed by atoms with Crippen LogP contribution < -0.4 is 15.6 Å². The summed E-state index contributed by atoms with van der Waals surface area (Å²) in [5.74, 6) is -0.362. The number of urea groups is 1. The van der Waals surface area contributed by atoms with Gasteiger partial charge in [0.15, 0.2) is 11.5 Å². The van der Waals surface area contributed by atoms with E-state index in [-0.39, 0.29) is 36.6 Å². The van der Waals surface area contributed by atoms with Gasteiger partial charge in [0, 0.05) is 11.6 Å². The third-order valence-electron chi connectivity index (χ3n) is 7.12. The van der Waals surface area contributed by atoms with Gasteiger partial charge in [0.05, 0.1) is 37.6 Å². The molecule has 1 saturated heterocycles. The SMILES string of the molecule is C=CCON1C(=O)N2C[C@H]1C(C)=C[C@H]2C(=O)NCc1cc(=O)c(C)cn1OC(c1ccccc1)c1ccccc1. The molecule has 0 spiro atoms. The van der Waals surface area contributed by atoms with Gasteiger partial charge < -0.3 is 15.1 Å². The first-order valence-electron chi connectivity index (χ1n) is 13.2. The number of hydroxylamine groups is 2. The van der Waals surface area contributed by atoms with Crippen LogP contribution in [0.25, 0.3) is 0 Å². The minimum absolute atomic E-state index is 0.0240. The Morgan fingerprint density at radius 2 is 1.73 bits per heavy atom. The molecule has 3 aromatic rings. The Morgan fingerprint density at radius 1 is 1.07 bits per heavy atom. The van der Waals surface area contributed by atoms with Gasteiger partial charge in [0.1, 0.15) is 6.04 Å². The maximum atomic E-state index is 13.3. The van der Waals surface area contributed by atoms with Crippen molar-refractivity contribution < 1.29 is 19.3 Å². The molecule has 2 aliphatic rings. The molecule has 2 aromatic carbocycles. The summed E-state index contributed by atoms with van der Waals surface area (Å²) >= 11 is 0. The van der Waals surface area contributed by atoms with Crippen molar-refractivity contribution in [3.8, 4) is 0 Å². The minimum atomic E-state index is -0.797. The van der Waals surface area contributed by atoms with Crippen LogP contribution in [0.3, 0.4) is 0 Å². The van der Waals surface area contributed by atoms with Crippen LogP contribution in [-0.2, 0) is 16.2 Å². The number of benzene rings is 2. The molecule has 1 aromatic heterocycles. The van der Waals surface area contributed by atoms with Gasteiger partial charge >= 0.3 is 6.03 Å². The van der Waals surface area contributed by atoms with Crippen LogP contribution >= 0.6 is 0 Å². The Kier molecular flexibility index (Phi) is 7.84. The lowest BCUT2D eigenvalue weighted by molar-refractivity contribution is -0.124. The van der Waals surface area contributed by atoms with Crippen LogP contribution in [0.5, 0.6) is 0 Å². The van der Waals surface area contributed by atoms with E-state index in [0.717, 1.165) is 16.7 Å². The van der Waals surface area contributed by atoms with Crippen molar-refractivity contribution in [2.24, 2.45) is 0 Å². The fraction of sp³-hybridized carbons (Fsp3) is 0.258. The van der Waals surface area contributed by atoms with Crippen molar-refractivity contribution in [3.05, 3.63) is 130 Å². The highest BCUT2D eigenvalue weighted by Gasteiger charge is 2.47. The van der Waals surface area contributed by atoms with E-state index in [1.54, 1.807) is 30.0 Å². The summed E-state index contributed by atoms with van der Waals surface area (Å²) in [5, 5.41) is 4.20. The molecule has 40 heavy (non-hydrogen) atoms. The molecule has 3 heterocycles. The topological polar surface area (TPSA) is 93.1 Å². The van der Waals surface area contributed by atoms with Crippen LogP contribution in [-0.4, -0.2) is 51.9 Å². The van der Waals surface area contributed by atoms with Crippen molar-refractivity contribution in [3.63, 3.8) is 0 Å². The predicted molar refractivity (Wildman–Crippen MR) is 150 cm³/mol. The van der Waals surface area contributed by atoms with Crippen LogP contribution in [0, 0.1) is 6.92 Å². The Hall–Kier alpha value is -4.63. The van der Waals surface area contributed by atoms with Crippen LogP contribution in [0.15, 0.2) is 102 Å². The molecule has 0 radical (unpaired) electrons. The summed E-state index contributed by atoms with van der Waals surface area (Å²) in [6, 6.07) is 19.6. The zero-order chi connectivity index (χ0) is 28.2. The van der Waals surface area contributed by atoms with E-state index < -0.39 is 12.1 Å². The van der Waals surface area contributed by atoms with Gasteiger partial charge in [-0.25, -0.2) is 4.79 Å². The van der Waals surface area contributed by atoms with Gasteiger partial charge in [-0.05, 0) is 30.5 Å². The minimum Gasteiger partial charge on any atom is -0.401 e. The molecular weight excluding hydrogens is 508 g/mol. The number of carbonyl (C=O) groups is 2. The number of nitrogens with one attached hydrogen (secondary N) is 1. The number of pyridine rings is 1. The van der Waals surface area contributed by atoms with Gasteiger partial charge in [-0.1, -0.05) is 72.8 Å². The predicted octanol–water partition coefficient (Wildman–Crippen LogP) is 3.54. The molecule has 1 fully saturated rings.